The monoisotopic (exact) mass is 419 g/mol. The molecule has 1 fully saturated rings. The van der Waals surface area contributed by atoms with Gasteiger partial charge in [0.05, 0.1) is 13.5 Å². The largest absolute Gasteiger partial charge is 0.495 e. The van der Waals surface area contributed by atoms with Crippen LogP contribution in [0.25, 0.3) is 0 Å². The minimum atomic E-state index is -3.83. The van der Waals surface area contributed by atoms with Gasteiger partial charge in [0, 0.05) is 44.3 Å². The zero-order valence-electron chi connectivity index (χ0n) is 16.5. The second-order valence-electron chi connectivity index (χ2n) is 6.96. The molecule has 0 radical (unpaired) electrons. The molecule has 2 heterocycles. The normalized spacial score (nSPS) is 15.7. The Kier molecular flexibility index (Phi) is 6.39. The van der Waals surface area contributed by atoms with E-state index in [0.29, 0.717) is 31.6 Å². The van der Waals surface area contributed by atoms with Crippen LogP contribution in [0, 0.1) is 6.92 Å². The summed E-state index contributed by atoms with van der Waals surface area (Å²) in [5, 5.41) is 9.03. The molecular formula is C20H25N3O5S. The van der Waals surface area contributed by atoms with Gasteiger partial charge in [-0.05, 0) is 42.7 Å². The Morgan fingerprint density at radius 1 is 1.21 bits per heavy atom. The molecule has 29 heavy (non-hydrogen) atoms. The van der Waals surface area contributed by atoms with E-state index < -0.39 is 16.0 Å². The number of sulfonamides is 1. The maximum atomic E-state index is 13.3. The lowest BCUT2D eigenvalue weighted by Gasteiger charge is -2.25. The smallest absolute Gasteiger partial charge is 0.307 e. The number of aryl methyl sites for hydroxylation is 1. The van der Waals surface area contributed by atoms with Crippen molar-refractivity contribution in [1.29, 1.82) is 0 Å². The molecule has 3 rings (SSSR count). The second kappa shape index (κ2) is 8.79. The highest BCUT2D eigenvalue weighted by atomic mass is 32.2. The number of carbonyl (C=O) groups is 1. The number of carboxylic acid groups (broad SMARTS) is 1. The molecule has 2 aromatic rings. The molecule has 1 aromatic heterocycles. The van der Waals surface area contributed by atoms with Crippen LogP contribution in [0.15, 0.2) is 41.6 Å². The first kappa shape index (κ1) is 21.1. The molecule has 1 saturated heterocycles. The van der Waals surface area contributed by atoms with E-state index in [2.05, 4.69) is 9.88 Å². The topological polar surface area (TPSA) is 100 Å². The predicted molar refractivity (Wildman–Crippen MR) is 109 cm³/mol. The number of nitrogens with zero attached hydrogens (tertiary/aromatic N) is 3. The molecule has 0 aliphatic carbocycles. The molecule has 9 heteroatoms. The first-order chi connectivity index (χ1) is 13.8. The van der Waals surface area contributed by atoms with Crippen molar-refractivity contribution < 1.29 is 23.1 Å². The number of benzene rings is 1. The molecule has 1 aliphatic heterocycles. The van der Waals surface area contributed by atoms with Crippen LogP contribution < -0.4 is 9.64 Å². The van der Waals surface area contributed by atoms with E-state index in [4.69, 9.17) is 9.84 Å². The van der Waals surface area contributed by atoms with Gasteiger partial charge in [-0.2, -0.15) is 4.31 Å². The lowest BCUT2D eigenvalue weighted by Crippen LogP contribution is -2.35. The molecular weight excluding hydrogens is 394 g/mol. The van der Waals surface area contributed by atoms with Crippen LogP contribution in [0.1, 0.15) is 17.5 Å². The van der Waals surface area contributed by atoms with Crippen LogP contribution in [-0.4, -0.2) is 62.1 Å². The summed E-state index contributed by atoms with van der Waals surface area (Å²) >= 11 is 0. The first-order valence-electron chi connectivity index (χ1n) is 9.37. The summed E-state index contributed by atoms with van der Waals surface area (Å²) in [6, 6.07) is 6.42. The van der Waals surface area contributed by atoms with Gasteiger partial charge in [0.1, 0.15) is 10.6 Å². The second-order valence-corrected chi connectivity index (χ2v) is 8.87. The number of ether oxygens (including phenoxy) is 1. The van der Waals surface area contributed by atoms with Crippen molar-refractivity contribution in [3.05, 3.63) is 47.8 Å². The maximum Gasteiger partial charge on any atom is 0.307 e. The zero-order valence-corrected chi connectivity index (χ0v) is 17.4. The molecule has 0 saturated carbocycles. The van der Waals surface area contributed by atoms with E-state index in [0.717, 1.165) is 17.8 Å². The molecule has 1 aromatic carbocycles. The molecule has 156 valence electrons. The fourth-order valence-corrected chi connectivity index (χ4v) is 5.22. The van der Waals surface area contributed by atoms with Crippen LogP contribution in [-0.2, 0) is 21.2 Å². The molecule has 8 nitrogen and oxygen atoms in total. The third-order valence-electron chi connectivity index (χ3n) is 4.99. The fourth-order valence-electron chi connectivity index (χ4n) is 3.54. The average Bonchev–Trinajstić information content (AvgIpc) is 2.94. The molecule has 0 bridgehead atoms. The number of rotatable bonds is 6. The average molecular weight is 420 g/mol. The van der Waals surface area contributed by atoms with Crippen molar-refractivity contribution in [2.75, 3.05) is 38.2 Å². The van der Waals surface area contributed by atoms with Crippen LogP contribution in [0.4, 0.5) is 5.69 Å². The van der Waals surface area contributed by atoms with E-state index >= 15 is 0 Å². The van der Waals surface area contributed by atoms with Gasteiger partial charge in [-0.25, -0.2) is 8.42 Å². The summed E-state index contributed by atoms with van der Waals surface area (Å²) in [6.45, 7) is 4.00. The minimum Gasteiger partial charge on any atom is -0.495 e. The summed E-state index contributed by atoms with van der Waals surface area (Å²) < 4.78 is 33.4. The summed E-state index contributed by atoms with van der Waals surface area (Å²) in [5.41, 5.74) is 2.52. The number of hydrogen-bond acceptors (Lipinski definition) is 6. The van der Waals surface area contributed by atoms with Gasteiger partial charge in [0.2, 0.25) is 10.0 Å². The highest BCUT2D eigenvalue weighted by Gasteiger charge is 2.30. The van der Waals surface area contributed by atoms with E-state index in [1.54, 1.807) is 18.5 Å². The number of carboxylic acids is 1. The molecule has 0 unspecified atom stereocenters. The molecule has 1 aliphatic rings. The quantitative estimate of drug-likeness (QED) is 0.764. The summed E-state index contributed by atoms with van der Waals surface area (Å²) in [7, 11) is -2.42. The zero-order chi connectivity index (χ0) is 21.0. The summed E-state index contributed by atoms with van der Waals surface area (Å²) in [5.74, 6) is -0.804. The van der Waals surface area contributed by atoms with Gasteiger partial charge in [-0.15, -0.1) is 0 Å². The number of hydrogen-bond donors (Lipinski definition) is 1. The highest BCUT2D eigenvalue weighted by molar-refractivity contribution is 7.89. The Hall–Kier alpha value is -2.65. The van der Waals surface area contributed by atoms with Crippen molar-refractivity contribution in [3.63, 3.8) is 0 Å². The van der Waals surface area contributed by atoms with Crippen molar-refractivity contribution >= 4 is 21.7 Å². The van der Waals surface area contributed by atoms with E-state index in [1.807, 2.05) is 13.0 Å². The Morgan fingerprint density at radius 2 is 2.00 bits per heavy atom. The van der Waals surface area contributed by atoms with Gasteiger partial charge in [-0.1, -0.05) is 6.07 Å². The van der Waals surface area contributed by atoms with Gasteiger partial charge in [-0.3, -0.25) is 9.78 Å². The van der Waals surface area contributed by atoms with Crippen LogP contribution in [0.3, 0.4) is 0 Å². The lowest BCUT2D eigenvalue weighted by atomic mass is 10.1. The SMILES string of the molecule is COc1ccc(CC(=O)O)cc1S(=O)(=O)N1CCCN(c2ccncc2C)CC1. The molecule has 0 atom stereocenters. The highest BCUT2D eigenvalue weighted by Crippen LogP contribution is 2.29. The molecule has 0 spiro atoms. The third kappa shape index (κ3) is 4.68. The van der Waals surface area contributed by atoms with E-state index in [-0.39, 0.29) is 17.1 Å². The number of methoxy groups -OCH3 is 1. The Bertz CT molecular complexity index is 993. The van der Waals surface area contributed by atoms with Crippen LogP contribution >= 0.6 is 0 Å². The van der Waals surface area contributed by atoms with Crippen molar-refractivity contribution in [3.8, 4) is 5.75 Å². The number of aromatic nitrogens is 1. The van der Waals surface area contributed by atoms with Crippen molar-refractivity contribution in [1.82, 2.24) is 9.29 Å². The van der Waals surface area contributed by atoms with Gasteiger partial charge in [0.25, 0.3) is 0 Å². The standard InChI is InChI=1S/C20H25N3O5S/c1-15-14-21-7-6-17(15)22-8-3-9-23(11-10-22)29(26,27)19-12-16(13-20(24)25)4-5-18(19)28-2/h4-7,12,14H,3,8-11,13H2,1-2H3,(H,24,25). The number of pyridine rings is 1. The van der Waals surface area contributed by atoms with E-state index in [9.17, 15) is 13.2 Å². The summed E-state index contributed by atoms with van der Waals surface area (Å²) in [6.07, 6.45) is 3.97. The minimum absolute atomic E-state index is 0.00675. The maximum absolute atomic E-state index is 13.3. The summed E-state index contributed by atoms with van der Waals surface area (Å²) in [4.78, 5) is 17.3. The Morgan fingerprint density at radius 3 is 2.69 bits per heavy atom. The van der Waals surface area contributed by atoms with Crippen molar-refractivity contribution in [2.45, 2.75) is 24.7 Å². The fraction of sp³-hybridized carbons (Fsp3) is 0.400. The van der Waals surface area contributed by atoms with Gasteiger partial charge in [0.15, 0.2) is 0 Å². The number of anilines is 1. The van der Waals surface area contributed by atoms with Crippen molar-refractivity contribution in [2.24, 2.45) is 0 Å². The first-order valence-corrected chi connectivity index (χ1v) is 10.8. The predicted octanol–water partition coefficient (Wildman–Crippen LogP) is 1.93. The molecule has 0 amide bonds. The Labute approximate surface area is 170 Å². The third-order valence-corrected chi connectivity index (χ3v) is 6.91. The Balaban J connectivity index is 1.86. The van der Waals surface area contributed by atoms with Crippen LogP contribution in [0.5, 0.6) is 5.75 Å². The van der Waals surface area contributed by atoms with E-state index in [1.165, 1.54) is 23.5 Å². The van der Waals surface area contributed by atoms with Gasteiger partial charge >= 0.3 is 5.97 Å². The van der Waals surface area contributed by atoms with Crippen LogP contribution in [0.2, 0.25) is 0 Å². The molecule has 1 N–H and O–H groups in total. The van der Waals surface area contributed by atoms with Gasteiger partial charge < -0.3 is 14.7 Å². The number of aliphatic carboxylic acids is 1. The lowest BCUT2D eigenvalue weighted by molar-refractivity contribution is -0.136.